The standard InChI is InChI=1S/C22H29FN2O4S/c1-6-28-20(26)19-15(2)30-18(24-19)14-25(21(27)29-22(3,4)5)13-9-11-16-10-7-8-12-17(16)23/h7-8,10,12H,6,9,11,13-14H2,1-5H3. The first-order chi connectivity index (χ1) is 14.1. The average Bonchev–Trinajstić information content (AvgIpc) is 3.01. The monoisotopic (exact) mass is 436 g/mol. The predicted octanol–water partition coefficient (Wildman–Crippen LogP) is 5.14. The van der Waals surface area contributed by atoms with Gasteiger partial charge < -0.3 is 14.4 Å². The van der Waals surface area contributed by atoms with E-state index in [1.807, 2.05) is 0 Å². The topological polar surface area (TPSA) is 68.7 Å². The quantitative estimate of drug-likeness (QED) is 0.536. The van der Waals surface area contributed by atoms with Crippen LogP contribution in [0.5, 0.6) is 0 Å². The van der Waals surface area contributed by atoms with Crippen LogP contribution in [-0.4, -0.2) is 40.7 Å². The summed E-state index contributed by atoms with van der Waals surface area (Å²) in [5.74, 6) is -0.725. The van der Waals surface area contributed by atoms with Crippen LogP contribution in [0, 0.1) is 12.7 Å². The number of benzene rings is 1. The van der Waals surface area contributed by atoms with Gasteiger partial charge in [0.25, 0.3) is 0 Å². The summed E-state index contributed by atoms with van der Waals surface area (Å²) < 4.78 is 24.4. The SMILES string of the molecule is CCOC(=O)c1nc(CN(CCCc2ccccc2F)C(=O)OC(C)(C)C)sc1C. The lowest BCUT2D eigenvalue weighted by molar-refractivity contribution is 0.0231. The zero-order chi connectivity index (χ0) is 22.3. The van der Waals surface area contributed by atoms with Gasteiger partial charge in [0, 0.05) is 11.4 Å². The number of nitrogens with zero attached hydrogens (tertiary/aromatic N) is 2. The van der Waals surface area contributed by atoms with Crippen molar-refractivity contribution in [2.45, 2.75) is 59.6 Å². The Kier molecular flexibility index (Phi) is 8.34. The number of hydrogen-bond acceptors (Lipinski definition) is 6. The molecular weight excluding hydrogens is 407 g/mol. The molecule has 0 N–H and O–H groups in total. The molecule has 0 aliphatic carbocycles. The summed E-state index contributed by atoms with van der Waals surface area (Å²) in [7, 11) is 0. The van der Waals surface area contributed by atoms with Crippen LogP contribution < -0.4 is 0 Å². The number of carbonyl (C=O) groups is 2. The number of carbonyl (C=O) groups excluding carboxylic acids is 2. The zero-order valence-electron chi connectivity index (χ0n) is 18.2. The number of esters is 1. The molecule has 8 heteroatoms. The van der Waals surface area contributed by atoms with E-state index in [2.05, 4.69) is 4.98 Å². The van der Waals surface area contributed by atoms with Gasteiger partial charge in [-0.05, 0) is 59.1 Å². The molecule has 0 bridgehead atoms. The molecule has 0 aliphatic rings. The molecule has 0 radical (unpaired) electrons. The molecule has 1 aromatic carbocycles. The number of halogens is 1. The van der Waals surface area contributed by atoms with Gasteiger partial charge in [0.2, 0.25) is 0 Å². The molecule has 0 saturated heterocycles. The van der Waals surface area contributed by atoms with E-state index < -0.39 is 17.7 Å². The van der Waals surface area contributed by atoms with Crippen LogP contribution in [-0.2, 0) is 22.4 Å². The van der Waals surface area contributed by atoms with Crippen LogP contribution in [0.1, 0.15) is 60.1 Å². The second kappa shape index (κ2) is 10.5. The summed E-state index contributed by atoms with van der Waals surface area (Å²) in [5, 5.41) is 0.618. The summed E-state index contributed by atoms with van der Waals surface area (Å²) in [6.45, 7) is 9.78. The molecule has 0 unspecified atom stereocenters. The van der Waals surface area contributed by atoms with Crippen molar-refractivity contribution in [1.82, 2.24) is 9.88 Å². The first kappa shape index (κ1) is 23.8. The molecule has 2 rings (SSSR count). The lowest BCUT2D eigenvalue weighted by Gasteiger charge is -2.27. The van der Waals surface area contributed by atoms with Gasteiger partial charge in [0.15, 0.2) is 5.69 Å². The van der Waals surface area contributed by atoms with E-state index in [1.165, 1.54) is 17.4 Å². The van der Waals surface area contributed by atoms with Crippen molar-refractivity contribution in [2.75, 3.05) is 13.2 Å². The first-order valence-electron chi connectivity index (χ1n) is 9.95. The van der Waals surface area contributed by atoms with Crippen molar-refractivity contribution in [3.8, 4) is 0 Å². The van der Waals surface area contributed by atoms with Crippen LogP contribution >= 0.6 is 11.3 Å². The molecule has 0 fully saturated rings. The van der Waals surface area contributed by atoms with Crippen LogP contribution in [0.25, 0.3) is 0 Å². The van der Waals surface area contributed by atoms with Crippen molar-refractivity contribution < 1.29 is 23.5 Å². The van der Waals surface area contributed by atoms with Gasteiger partial charge in [0.1, 0.15) is 16.4 Å². The minimum atomic E-state index is -0.643. The van der Waals surface area contributed by atoms with Gasteiger partial charge in [-0.2, -0.15) is 0 Å². The van der Waals surface area contributed by atoms with E-state index in [9.17, 15) is 14.0 Å². The Morgan fingerprint density at radius 1 is 1.23 bits per heavy atom. The van der Waals surface area contributed by atoms with Crippen molar-refractivity contribution >= 4 is 23.4 Å². The highest BCUT2D eigenvalue weighted by Gasteiger charge is 2.24. The minimum Gasteiger partial charge on any atom is -0.461 e. The number of rotatable bonds is 8. The van der Waals surface area contributed by atoms with Crippen molar-refractivity contribution in [3.05, 3.63) is 51.2 Å². The van der Waals surface area contributed by atoms with Crippen LogP contribution in [0.4, 0.5) is 9.18 Å². The second-order valence-corrected chi connectivity index (χ2v) is 9.12. The maximum Gasteiger partial charge on any atom is 0.410 e. The third-order valence-corrected chi connectivity index (χ3v) is 5.08. The van der Waals surface area contributed by atoms with Gasteiger partial charge in [0.05, 0.1) is 13.2 Å². The molecule has 0 aliphatic heterocycles. The van der Waals surface area contributed by atoms with E-state index in [-0.39, 0.29) is 24.7 Å². The Hall–Kier alpha value is -2.48. The number of aryl methyl sites for hydroxylation is 2. The highest BCUT2D eigenvalue weighted by molar-refractivity contribution is 7.11. The van der Waals surface area contributed by atoms with Gasteiger partial charge >= 0.3 is 12.1 Å². The van der Waals surface area contributed by atoms with Crippen molar-refractivity contribution in [3.63, 3.8) is 0 Å². The van der Waals surface area contributed by atoms with Crippen LogP contribution in [0.15, 0.2) is 24.3 Å². The Labute approximate surface area is 181 Å². The van der Waals surface area contributed by atoms with E-state index in [0.29, 0.717) is 30.0 Å². The molecule has 0 atom stereocenters. The smallest absolute Gasteiger partial charge is 0.410 e. The molecule has 1 amide bonds. The molecular formula is C22H29FN2O4S. The largest absolute Gasteiger partial charge is 0.461 e. The summed E-state index contributed by atoms with van der Waals surface area (Å²) in [6.07, 6.45) is 0.591. The molecule has 6 nitrogen and oxygen atoms in total. The van der Waals surface area contributed by atoms with E-state index >= 15 is 0 Å². The summed E-state index contributed by atoms with van der Waals surface area (Å²) in [4.78, 5) is 31.4. The summed E-state index contributed by atoms with van der Waals surface area (Å²) >= 11 is 1.34. The maximum atomic E-state index is 13.9. The fourth-order valence-corrected chi connectivity index (χ4v) is 3.73. The molecule has 164 valence electrons. The third-order valence-electron chi connectivity index (χ3n) is 4.12. The van der Waals surface area contributed by atoms with Gasteiger partial charge in [-0.15, -0.1) is 11.3 Å². The van der Waals surface area contributed by atoms with E-state index in [1.54, 1.807) is 57.7 Å². The number of hydrogen-bond donors (Lipinski definition) is 0. The average molecular weight is 437 g/mol. The van der Waals surface area contributed by atoms with E-state index in [0.717, 1.165) is 4.88 Å². The summed E-state index contributed by atoms with van der Waals surface area (Å²) in [6, 6.07) is 6.61. The van der Waals surface area contributed by atoms with Crippen molar-refractivity contribution in [2.24, 2.45) is 0 Å². The Bertz CT molecular complexity index is 876. The molecule has 0 spiro atoms. The first-order valence-corrected chi connectivity index (χ1v) is 10.8. The Balaban J connectivity index is 2.11. The molecule has 0 saturated carbocycles. The lowest BCUT2D eigenvalue weighted by Crippen LogP contribution is -2.37. The predicted molar refractivity (Wildman–Crippen MR) is 114 cm³/mol. The maximum absolute atomic E-state index is 13.9. The second-order valence-electron chi connectivity index (χ2n) is 7.83. The third kappa shape index (κ3) is 7.09. The number of ether oxygens (including phenoxy) is 2. The van der Waals surface area contributed by atoms with Crippen molar-refractivity contribution in [1.29, 1.82) is 0 Å². The van der Waals surface area contributed by atoms with Crippen LogP contribution in [0.3, 0.4) is 0 Å². The fourth-order valence-electron chi connectivity index (χ4n) is 2.79. The number of aromatic nitrogens is 1. The van der Waals surface area contributed by atoms with Crippen LogP contribution in [0.2, 0.25) is 0 Å². The van der Waals surface area contributed by atoms with Gasteiger partial charge in [-0.3, -0.25) is 0 Å². The highest BCUT2D eigenvalue weighted by atomic mass is 32.1. The van der Waals surface area contributed by atoms with Gasteiger partial charge in [-0.1, -0.05) is 18.2 Å². The molecule has 1 aromatic heterocycles. The lowest BCUT2D eigenvalue weighted by atomic mass is 10.1. The fraction of sp³-hybridized carbons (Fsp3) is 0.500. The normalized spacial score (nSPS) is 11.3. The molecule has 30 heavy (non-hydrogen) atoms. The molecule has 1 heterocycles. The highest BCUT2D eigenvalue weighted by Crippen LogP contribution is 2.21. The van der Waals surface area contributed by atoms with Gasteiger partial charge in [-0.25, -0.2) is 19.0 Å². The minimum absolute atomic E-state index is 0.205. The number of thiazole rings is 1. The van der Waals surface area contributed by atoms with E-state index in [4.69, 9.17) is 9.47 Å². The molecule has 2 aromatic rings. The zero-order valence-corrected chi connectivity index (χ0v) is 19.0. The Morgan fingerprint density at radius 3 is 2.57 bits per heavy atom. The summed E-state index contributed by atoms with van der Waals surface area (Å²) in [5.41, 5.74) is 0.235. The Morgan fingerprint density at radius 2 is 1.93 bits per heavy atom. The number of amides is 1.